The van der Waals surface area contributed by atoms with Gasteiger partial charge in [0.15, 0.2) is 0 Å². The second-order valence-electron chi connectivity index (χ2n) is 14.8. The lowest BCUT2D eigenvalue weighted by Gasteiger charge is -2.23. The van der Waals surface area contributed by atoms with Crippen LogP contribution in [-0.4, -0.2) is 0 Å². The average Bonchev–Trinajstić information content (AvgIpc) is 3.68. The molecule has 0 N–H and O–H groups in total. The Hall–Kier alpha value is -6.44. The van der Waals surface area contributed by atoms with Gasteiger partial charge >= 0.3 is 0 Å². The van der Waals surface area contributed by atoms with Crippen LogP contribution in [-0.2, 0) is 5.41 Å². The summed E-state index contributed by atoms with van der Waals surface area (Å²) >= 11 is 0. The lowest BCUT2D eigenvalue weighted by molar-refractivity contribution is 0.655. The molecule has 1 aliphatic rings. The molecule has 0 aliphatic heterocycles. The van der Waals surface area contributed by atoms with E-state index in [0.29, 0.717) is 0 Å². The molecule has 0 bridgehead atoms. The summed E-state index contributed by atoms with van der Waals surface area (Å²) in [7, 11) is 0. The van der Waals surface area contributed by atoms with E-state index in [1.54, 1.807) is 0 Å². The molecule has 252 valence electrons. The van der Waals surface area contributed by atoms with Crippen LogP contribution in [0.25, 0.3) is 93.2 Å². The highest BCUT2D eigenvalue weighted by atomic mass is 16.3. The largest absolute Gasteiger partial charge is 0.456 e. The predicted molar refractivity (Wildman–Crippen MR) is 228 cm³/mol. The second kappa shape index (κ2) is 11.8. The van der Waals surface area contributed by atoms with Crippen LogP contribution in [0.2, 0.25) is 0 Å². The third-order valence-electron chi connectivity index (χ3n) is 11.6. The number of furan rings is 1. The Labute approximate surface area is 309 Å². The highest BCUT2D eigenvalue weighted by Gasteiger charge is 2.35. The number of allylic oxidation sites excluding steroid dienone is 5. The van der Waals surface area contributed by atoms with Crippen LogP contribution >= 0.6 is 0 Å². The van der Waals surface area contributed by atoms with Crippen molar-refractivity contribution in [2.75, 3.05) is 0 Å². The standard InChI is InChI=1S/C52H38O/c1-5-13-38-39-27-24-35(31-46(39)52(3,4)45(38)6-2)32-20-22-34(23-21-32)49-40-16-9-11-18-42(40)50(43-19-12-10-17-41(43)49)36-26-28-47-44(30-36)51-37-15-8-7-14-33(37)25-29-48(51)53-47/h5-31H,2H2,1,3-4H3/b13-5-. The first kappa shape index (κ1) is 31.3. The predicted octanol–water partition coefficient (Wildman–Crippen LogP) is 14.9. The minimum absolute atomic E-state index is 0.107. The summed E-state index contributed by atoms with van der Waals surface area (Å²) in [6.45, 7) is 10.9. The van der Waals surface area contributed by atoms with Crippen molar-refractivity contribution in [2.24, 2.45) is 0 Å². The van der Waals surface area contributed by atoms with E-state index in [-0.39, 0.29) is 5.41 Å². The number of hydrogen-bond acceptors (Lipinski definition) is 1. The van der Waals surface area contributed by atoms with E-state index in [0.717, 1.165) is 16.6 Å². The van der Waals surface area contributed by atoms with Gasteiger partial charge in [0.1, 0.15) is 11.2 Å². The van der Waals surface area contributed by atoms with Crippen molar-refractivity contribution in [1.29, 1.82) is 0 Å². The Morgan fingerprint density at radius 1 is 0.528 bits per heavy atom. The molecule has 0 spiro atoms. The zero-order valence-electron chi connectivity index (χ0n) is 30.2. The van der Waals surface area contributed by atoms with Crippen LogP contribution in [0, 0.1) is 0 Å². The first-order valence-electron chi connectivity index (χ1n) is 18.5. The molecular formula is C52H38O. The molecule has 0 fully saturated rings. The Morgan fingerprint density at radius 3 is 1.75 bits per heavy atom. The summed E-state index contributed by atoms with van der Waals surface area (Å²) < 4.78 is 6.39. The molecule has 1 heteroatoms. The van der Waals surface area contributed by atoms with E-state index >= 15 is 0 Å². The van der Waals surface area contributed by atoms with Crippen LogP contribution in [0.1, 0.15) is 31.9 Å². The molecule has 9 aromatic rings. The Kier molecular flexibility index (Phi) is 6.97. The first-order chi connectivity index (χ1) is 26.0. The third-order valence-corrected chi connectivity index (χ3v) is 11.6. The maximum atomic E-state index is 6.39. The van der Waals surface area contributed by atoms with Gasteiger partial charge in [-0.1, -0.05) is 160 Å². The quantitative estimate of drug-likeness (QED) is 0.165. The van der Waals surface area contributed by atoms with Gasteiger partial charge < -0.3 is 4.42 Å². The van der Waals surface area contributed by atoms with Gasteiger partial charge in [0.05, 0.1) is 0 Å². The van der Waals surface area contributed by atoms with E-state index in [1.165, 1.54) is 93.4 Å². The van der Waals surface area contributed by atoms with Crippen LogP contribution in [0.3, 0.4) is 0 Å². The van der Waals surface area contributed by atoms with Gasteiger partial charge in [-0.2, -0.15) is 0 Å². The molecule has 0 saturated heterocycles. The average molecular weight is 679 g/mol. The lowest BCUT2D eigenvalue weighted by Crippen LogP contribution is -2.16. The van der Waals surface area contributed by atoms with Gasteiger partial charge in [0.2, 0.25) is 0 Å². The molecule has 1 heterocycles. The van der Waals surface area contributed by atoms with E-state index in [1.807, 2.05) is 6.08 Å². The van der Waals surface area contributed by atoms with E-state index in [4.69, 9.17) is 4.42 Å². The molecule has 1 nitrogen and oxygen atoms in total. The molecular weight excluding hydrogens is 641 g/mol. The maximum absolute atomic E-state index is 6.39. The topological polar surface area (TPSA) is 13.1 Å². The number of benzene rings is 8. The molecule has 0 amide bonds. The van der Waals surface area contributed by atoms with Gasteiger partial charge in [0, 0.05) is 16.2 Å². The zero-order chi connectivity index (χ0) is 35.8. The van der Waals surface area contributed by atoms with E-state index in [9.17, 15) is 0 Å². The summed E-state index contributed by atoms with van der Waals surface area (Å²) in [4.78, 5) is 0. The van der Waals surface area contributed by atoms with E-state index in [2.05, 4.69) is 185 Å². The molecule has 0 radical (unpaired) electrons. The van der Waals surface area contributed by atoms with Crippen molar-refractivity contribution < 1.29 is 4.42 Å². The molecule has 8 aromatic carbocycles. The van der Waals surface area contributed by atoms with Crippen LogP contribution < -0.4 is 0 Å². The van der Waals surface area contributed by atoms with Crippen LogP contribution in [0.5, 0.6) is 0 Å². The monoisotopic (exact) mass is 678 g/mol. The fraction of sp³-hybridized carbons (Fsp3) is 0.0769. The van der Waals surface area contributed by atoms with Crippen LogP contribution in [0.4, 0.5) is 0 Å². The number of hydrogen-bond donors (Lipinski definition) is 0. The van der Waals surface area contributed by atoms with Crippen LogP contribution in [0.15, 0.2) is 180 Å². The highest BCUT2D eigenvalue weighted by Crippen LogP contribution is 2.49. The van der Waals surface area contributed by atoms with Gasteiger partial charge in [-0.15, -0.1) is 0 Å². The van der Waals surface area contributed by atoms with Gasteiger partial charge in [-0.05, 0) is 119 Å². The summed E-state index contributed by atoms with van der Waals surface area (Å²) in [5.74, 6) is 0. The first-order valence-corrected chi connectivity index (χ1v) is 18.5. The van der Waals surface area contributed by atoms with Crippen molar-refractivity contribution in [1.82, 2.24) is 0 Å². The molecule has 1 aromatic heterocycles. The minimum atomic E-state index is -0.107. The summed E-state index contributed by atoms with van der Waals surface area (Å²) in [5.41, 5.74) is 14.3. The second-order valence-corrected chi connectivity index (χ2v) is 14.8. The SMILES string of the molecule is C=CC1=C(/C=C\C)c2ccc(-c3ccc(-c4c5ccccc5c(-c5ccc6oc7ccc8ccccc8c7c6c5)c5ccccc45)cc3)cc2C1(C)C. The van der Waals surface area contributed by atoms with Crippen molar-refractivity contribution >= 4 is 59.8 Å². The highest BCUT2D eigenvalue weighted by molar-refractivity contribution is 6.23. The molecule has 10 rings (SSSR count). The fourth-order valence-corrected chi connectivity index (χ4v) is 9.10. The van der Waals surface area contributed by atoms with Gasteiger partial charge in [-0.25, -0.2) is 0 Å². The van der Waals surface area contributed by atoms with Crippen molar-refractivity contribution in [2.45, 2.75) is 26.2 Å². The Morgan fingerprint density at radius 2 is 1.09 bits per heavy atom. The maximum Gasteiger partial charge on any atom is 0.136 e. The minimum Gasteiger partial charge on any atom is -0.456 e. The smallest absolute Gasteiger partial charge is 0.136 e. The molecule has 0 saturated carbocycles. The van der Waals surface area contributed by atoms with Gasteiger partial charge in [0.25, 0.3) is 0 Å². The lowest BCUT2D eigenvalue weighted by atomic mass is 9.80. The molecule has 1 aliphatic carbocycles. The fourth-order valence-electron chi connectivity index (χ4n) is 9.10. The number of fused-ring (bicyclic) bond motifs is 8. The molecule has 53 heavy (non-hydrogen) atoms. The number of rotatable bonds is 5. The summed E-state index contributed by atoms with van der Waals surface area (Å²) in [5, 5.41) is 9.73. The normalized spacial score (nSPS) is 14.0. The third kappa shape index (κ3) is 4.64. The van der Waals surface area contributed by atoms with Crippen molar-refractivity contribution in [3.63, 3.8) is 0 Å². The van der Waals surface area contributed by atoms with Gasteiger partial charge in [-0.3, -0.25) is 0 Å². The zero-order valence-corrected chi connectivity index (χ0v) is 30.2. The van der Waals surface area contributed by atoms with E-state index < -0.39 is 0 Å². The summed E-state index contributed by atoms with van der Waals surface area (Å²) in [6.07, 6.45) is 6.37. The van der Waals surface area contributed by atoms with Crippen molar-refractivity contribution in [3.8, 4) is 33.4 Å². The molecule has 0 atom stereocenters. The summed E-state index contributed by atoms with van der Waals surface area (Å²) in [6, 6.07) is 53.4. The molecule has 0 unspecified atom stereocenters. The Bertz CT molecular complexity index is 2980. The Balaban J connectivity index is 1.13. The van der Waals surface area contributed by atoms with Crippen molar-refractivity contribution in [3.05, 3.63) is 187 Å².